The van der Waals surface area contributed by atoms with Crippen LogP contribution in [0.5, 0.6) is 0 Å². The van der Waals surface area contributed by atoms with Crippen LogP contribution in [0, 0.1) is 18.3 Å². The molecule has 4 heteroatoms. The minimum absolute atomic E-state index is 0.0393. The molecule has 0 saturated carbocycles. The number of carbonyl (C=O) groups is 1. The number of aryl methyl sites for hydroxylation is 1. The lowest BCUT2D eigenvalue weighted by Crippen LogP contribution is -2.26. The molecule has 0 aliphatic carbocycles. The molecule has 0 aliphatic rings. The predicted molar refractivity (Wildman–Crippen MR) is 80.2 cm³/mol. The minimum atomic E-state index is -0.387. The van der Waals surface area contributed by atoms with Crippen molar-refractivity contribution in [1.82, 2.24) is 5.32 Å². The number of nitriles is 1. The Balaban J connectivity index is 1.92. The second-order valence-corrected chi connectivity index (χ2v) is 4.61. The normalized spacial score (nSPS) is 11.0. The summed E-state index contributed by atoms with van der Waals surface area (Å²) in [7, 11) is 0. The van der Waals surface area contributed by atoms with Gasteiger partial charge in [-0.3, -0.25) is 4.79 Å². The van der Waals surface area contributed by atoms with Crippen molar-refractivity contribution in [2.24, 2.45) is 0 Å². The summed E-state index contributed by atoms with van der Waals surface area (Å²) in [4.78, 5) is 11.9. The molecule has 4 nitrogen and oxygen atoms in total. The van der Waals surface area contributed by atoms with Crippen molar-refractivity contribution in [2.75, 3.05) is 6.54 Å². The number of nitrogens with zero attached hydrogens (tertiary/aromatic N) is 1. The fourth-order valence-electron chi connectivity index (χ4n) is 1.88. The van der Waals surface area contributed by atoms with Crippen LogP contribution in [0.4, 0.5) is 0 Å². The first-order chi connectivity index (χ1) is 10.2. The molecule has 0 unspecified atom stereocenters. The van der Waals surface area contributed by atoms with Crippen LogP contribution in [0.2, 0.25) is 0 Å². The van der Waals surface area contributed by atoms with Crippen LogP contribution in [-0.2, 0) is 11.2 Å². The Bertz CT molecular complexity index is 678. The monoisotopic (exact) mass is 280 g/mol. The number of carbonyl (C=O) groups excluding carboxylic acids is 1. The van der Waals surface area contributed by atoms with Gasteiger partial charge in [-0.2, -0.15) is 5.26 Å². The predicted octanol–water partition coefficient (Wildman–Crippen LogP) is 2.85. The molecule has 1 N–H and O–H groups in total. The topological polar surface area (TPSA) is 66.0 Å². The van der Waals surface area contributed by atoms with Gasteiger partial charge in [0.1, 0.15) is 23.2 Å². The van der Waals surface area contributed by atoms with E-state index in [1.807, 2.05) is 43.3 Å². The Morgan fingerprint density at radius 3 is 2.67 bits per heavy atom. The van der Waals surface area contributed by atoms with E-state index in [2.05, 4.69) is 5.32 Å². The molecule has 21 heavy (non-hydrogen) atoms. The average molecular weight is 280 g/mol. The van der Waals surface area contributed by atoms with Gasteiger partial charge in [0.05, 0.1) is 0 Å². The highest BCUT2D eigenvalue weighted by atomic mass is 16.3. The lowest BCUT2D eigenvalue weighted by atomic mass is 10.1. The molecule has 0 aliphatic heterocycles. The highest BCUT2D eigenvalue weighted by Gasteiger charge is 2.09. The molecule has 0 radical (unpaired) electrons. The van der Waals surface area contributed by atoms with E-state index in [4.69, 9.17) is 9.68 Å². The van der Waals surface area contributed by atoms with E-state index >= 15 is 0 Å². The number of amides is 1. The summed E-state index contributed by atoms with van der Waals surface area (Å²) in [5.74, 6) is 0.854. The maximum atomic E-state index is 11.9. The van der Waals surface area contributed by atoms with Gasteiger partial charge < -0.3 is 9.73 Å². The summed E-state index contributed by atoms with van der Waals surface area (Å²) in [6.45, 7) is 2.29. The Morgan fingerprint density at radius 1 is 1.29 bits per heavy atom. The SMILES string of the molecule is Cc1ccc(/C=C(/C#N)C(=O)NCCc2ccccc2)o1. The molecule has 0 bridgehead atoms. The largest absolute Gasteiger partial charge is 0.462 e. The van der Waals surface area contributed by atoms with Crippen molar-refractivity contribution >= 4 is 12.0 Å². The summed E-state index contributed by atoms with van der Waals surface area (Å²) in [6.07, 6.45) is 2.18. The molecule has 1 aromatic carbocycles. The summed E-state index contributed by atoms with van der Waals surface area (Å²) < 4.78 is 5.33. The number of hydrogen-bond acceptors (Lipinski definition) is 3. The van der Waals surface area contributed by atoms with E-state index < -0.39 is 0 Å². The summed E-state index contributed by atoms with van der Waals surface area (Å²) >= 11 is 0. The third-order valence-corrected chi connectivity index (χ3v) is 2.95. The van der Waals surface area contributed by atoms with Crippen LogP contribution in [0.25, 0.3) is 6.08 Å². The van der Waals surface area contributed by atoms with Crippen LogP contribution >= 0.6 is 0 Å². The van der Waals surface area contributed by atoms with Gasteiger partial charge in [0.25, 0.3) is 5.91 Å². The van der Waals surface area contributed by atoms with Crippen LogP contribution < -0.4 is 5.32 Å². The van der Waals surface area contributed by atoms with Crippen LogP contribution in [0.15, 0.2) is 52.5 Å². The third-order valence-electron chi connectivity index (χ3n) is 2.95. The molecule has 0 atom stereocenters. The first-order valence-electron chi connectivity index (χ1n) is 6.69. The fourth-order valence-corrected chi connectivity index (χ4v) is 1.88. The van der Waals surface area contributed by atoms with Gasteiger partial charge in [-0.25, -0.2) is 0 Å². The van der Waals surface area contributed by atoms with Crippen molar-refractivity contribution in [3.63, 3.8) is 0 Å². The maximum absolute atomic E-state index is 11.9. The van der Waals surface area contributed by atoms with Gasteiger partial charge in [-0.1, -0.05) is 30.3 Å². The van der Waals surface area contributed by atoms with Crippen LogP contribution in [-0.4, -0.2) is 12.5 Å². The standard InChI is InChI=1S/C17H16N2O2/c1-13-7-8-16(21-13)11-15(12-18)17(20)19-10-9-14-5-3-2-4-6-14/h2-8,11H,9-10H2,1H3,(H,19,20)/b15-11-. The number of benzene rings is 1. The van der Waals surface area contributed by atoms with Gasteiger partial charge in [-0.05, 0) is 31.0 Å². The molecular weight excluding hydrogens is 264 g/mol. The quantitative estimate of drug-likeness (QED) is 0.676. The fraction of sp³-hybridized carbons (Fsp3) is 0.176. The molecule has 106 valence electrons. The zero-order valence-electron chi connectivity index (χ0n) is 11.8. The third kappa shape index (κ3) is 4.36. The lowest BCUT2D eigenvalue weighted by Gasteiger charge is -2.04. The Hall–Kier alpha value is -2.80. The molecule has 1 aromatic heterocycles. The molecule has 1 amide bonds. The van der Waals surface area contributed by atoms with Gasteiger partial charge in [0.15, 0.2) is 0 Å². The number of rotatable bonds is 5. The zero-order valence-corrected chi connectivity index (χ0v) is 11.8. The van der Waals surface area contributed by atoms with Gasteiger partial charge >= 0.3 is 0 Å². The highest BCUT2D eigenvalue weighted by molar-refractivity contribution is 6.01. The molecule has 1 heterocycles. The van der Waals surface area contributed by atoms with Crippen LogP contribution in [0.1, 0.15) is 17.1 Å². The first kappa shape index (κ1) is 14.6. The molecule has 0 saturated heterocycles. The van der Waals surface area contributed by atoms with Gasteiger partial charge in [0.2, 0.25) is 0 Å². The van der Waals surface area contributed by atoms with Crippen molar-refractivity contribution in [2.45, 2.75) is 13.3 Å². The van der Waals surface area contributed by atoms with Crippen molar-refractivity contribution in [3.8, 4) is 6.07 Å². The second-order valence-electron chi connectivity index (χ2n) is 4.61. The Kier molecular flexibility index (Phi) is 4.94. The first-order valence-corrected chi connectivity index (χ1v) is 6.69. The van der Waals surface area contributed by atoms with E-state index in [-0.39, 0.29) is 11.5 Å². The second kappa shape index (κ2) is 7.11. The number of hydrogen-bond donors (Lipinski definition) is 1. The Morgan fingerprint density at radius 2 is 2.05 bits per heavy atom. The average Bonchev–Trinajstić information content (AvgIpc) is 2.91. The van der Waals surface area contributed by atoms with Gasteiger partial charge in [0, 0.05) is 12.6 Å². The summed E-state index contributed by atoms with van der Waals surface area (Å²) in [6, 6.07) is 15.3. The van der Waals surface area contributed by atoms with E-state index in [1.165, 1.54) is 6.08 Å². The van der Waals surface area contributed by atoms with Crippen molar-refractivity contribution in [1.29, 1.82) is 5.26 Å². The van der Waals surface area contributed by atoms with E-state index in [0.29, 0.717) is 12.3 Å². The van der Waals surface area contributed by atoms with Crippen molar-refractivity contribution in [3.05, 3.63) is 65.1 Å². The Labute approximate surface area is 123 Å². The minimum Gasteiger partial charge on any atom is -0.462 e. The smallest absolute Gasteiger partial charge is 0.262 e. The van der Waals surface area contributed by atoms with Gasteiger partial charge in [-0.15, -0.1) is 0 Å². The summed E-state index contributed by atoms with van der Waals surface area (Å²) in [5, 5.41) is 11.8. The van der Waals surface area contributed by atoms with E-state index in [0.717, 1.165) is 17.7 Å². The highest BCUT2D eigenvalue weighted by Crippen LogP contribution is 2.11. The molecular formula is C17H16N2O2. The van der Waals surface area contributed by atoms with Crippen LogP contribution in [0.3, 0.4) is 0 Å². The lowest BCUT2D eigenvalue weighted by molar-refractivity contribution is -0.117. The van der Waals surface area contributed by atoms with Crippen molar-refractivity contribution < 1.29 is 9.21 Å². The number of furan rings is 1. The molecule has 0 spiro atoms. The summed E-state index contributed by atoms with van der Waals surface area (Å²) in [5.41, 5.74) is 1.18. The molecule has 2 aromatic rings. The number of nitrogens with one attached hydrogen (secondary N) is 1. The zero-order chi connectivity index (χ0) is 15.1. The molecule has 0 fully saturated rings. The van der Waals surface area contributed by atoms with E-state index in [1.54, 1.807) is 12.1 Å². The van der Waals surface area contributed by atoms with E-state index in [9.17, 15) is 4.79 Å². The molecule has 2 rings (SSSR count). The maximum Gasteiger partial charge on any atom is 0.262 e.